The first-order chi connectivity index (χ1) is 9.33. The zero-order chi connectivity index (χ0) is 15.2. The predicted molar refractivity (Wildman–Crippen MR) is 84.6 cm³/mol. The molecule has 0 radical (unpaired) electrons. The van der Waals surface area contributed by atoms with Gasteiger partial charge in [0.25, 0.3) is 0 Å². The number of carbonyl (C=O) groups excluding carboxylic acids is 1. The van der Waals surface area contributed by atoms with Crippen LogP contribution in [-0.2, 0) is 9.53 Å². The Balaban J connectivity index is 2.41. The molecule has 1 rings (SSSR count). The summed E-state index contributed by atoms with van der Waals surface area (Å²) >= 11 is 0. The van der Waals surface area contributed by atoms with E-state index >= 15 is 0 Å². The fraction of sp³-hybridized carbons (Fsp3) is 0.722. The van der Waals surface area contributed by atoms with Gasteiger partial charge in [0.2, 0.25) is 0 Å². The molecule has 0 unspecified atom stereocenters. The SMILES string of the molecule is CC(=O)OCC=C(C)CCCC1=C(C)CCCC1(C)C. The number of ether oxygens (including phenoxy) is 1. The lowest BCUT2D eigenvalue weighted by Crippen LogP contribution is -2.20. The van der Waals surface area contributed by atoms with E-state index in [0.29, 0.717) is 12.0 Å². The molecule has 0 spiro atoms. The molecule has 2 nitrogen and oxygen atoms in total. The van der Waals surface area contributed by atoms with Crippen molar-refractivity contribution in [2.24, 2.45) is 5.41 Å². The lowest BCUT2D eigenvalue weighted by atomic mass is 9.71. The highest BCUT2D eigenvalue weighted by molar-refractivity contribution is 5.66. The summed E-state index contributed by atoms with van der Waals surface area (Å²) in [6.45, 7) is 11.1. The van der Waals surface area contributed by atoms with Gasteiger partial charge in [-0.2, -0.15) is 0 Å². The maximum Gasteiger partial charge on any atom is 0.302 e. The van der Waals surface area contributed by atoms with E-state index in [1.165, 1.54) is 44.6 Å². The van der Waals surface area contributed by atoms with E-state index in [1.54, 1.807) is 11.1 Å². The fourth-order valence-corrected chi connectivity index (χ4v) is 3.17. The minimum Gasteiger partial charge on any atom is -0.462 e. The van der Waals surface area contributed by atoms with Crippen LogP contribution in [0, 0.1) is 5.41 Å². The lowest BCUT2D eigenvalue weighted by molar-refractivity contribution is -0.139. The maximum atomic E-state index is 10.7. The van der Waals surface area contributed by atoms with Gasteiger partial charge in [-0.1, -0.05) is 30.6 Å². The summed E-state index contributed by atoms with van der Waals surface area (Å²) in [7, 11) is 0. The van der Waals surface area contributed by atoms with Crippen molar-refractivity contribution in [3.8, 4) is 0 Å². The summed E-state index contributed by atoms with van der Waals surface area (Å²) in [6, 6.07) is 0. The Kier molecular flexibility index (Phi) is 6.51. The summed E-state index contributed by atoms with van der Waals surface area (Å²) in [5.74, 6) is -0.209. The number of esters is 1. The summed E-state index contributed by atoms with van der Waals surface area (Å²) in [6.07, 6.45) is 9.45. The molecule has 0 aliphatic heterocycles. The predicted octanol–water partition coefficient (Wildman–Crippen LogP) is 5.19. The van der Waals surface area contributed by atoms with Crippen LogP contribution in [0.2, 0.25) is 0 Å². The van der Waals surface area contributed by atoms with Crippen molar-refractivity contribution in [1.29, 1.82) is 0 Å². The Morgan fingerprint density at radius 3 is 2.65 bits per heavy atom. The number of hydrogen-bond acceptors (Lipinski definition) is 2. The van der Waals surface area contributed by atoms with Crippen molar-refractivity contribution >= 4 is 5.97 Å². The van der Waals surface area contributed by atoms with Crippen LogP contribution in [-0.4, -0.2) is 12.6 Å². The smallest absolute Gasteiger partial charge is 0.302 e. The van der Waals surface area contributed by atoms with E-state index in [0.717, 1.165) is 6.42 Å². The number of rotatable bonds is 6. The van der Waals surface area contributed by atoms with Gasteiger partial charge in [0.1, 0.15) is 6.61 Å². The molecule has 0 aromatic rings. The third-order valence-electron chi connectivity index (χ3n) is 4.40. The molecular formula is C18H30O2. The highest BCUT2D eigenvalue weighted by Gasteiger charge is 2.27. The molecule has 1 aliphatic carbocycles. The van der Waals surface area contributed by atoms with Gasteiger partial charge in [-0.15, -0.1) is 0 Å². The zero-order valence-corrected chi connectivity index (χ0v) is 13.8. The Morgan fingerprint density at radius 2 is 2.05 bits per heavy atom. The van der Waals surface area contributed by atoms with Crippen LogP contribution in [0.5, 0.6) is 0 Å². The van der Waals surface area contributed by atoms with E-state index < -0.39 is 0 Å². The van der Waals surface area contributed by atoms with Crippen molar-refractivity contribution in [2.75, 3.05) is 6.61 Å². The van der Waals surface area contributed by atoms with Gasteiger partial charge >= 0.3 is 5.97 Å². The standard InChI is InChI=1S/C18H30O2/c1-14(11-13-20-16(3)19)8-6-10-17-15(2)9-7-12-18(17,4)5/h11H,6-10,12-13H2,1-5H3. The molecule has 0 aromatic carbocycles. The van der Waals surface area contributed by atoms with Crippen LogP contribution in [0.25, 0.3) is 0 Å². The molecule has 0 amide bonds. The van der Waals surface area contributed by atoms with Gasteiger partial charge in [0, 0.05) is 6.92 Å². The maximum absolute atomic E-state index is 10.7. The number of hydrogen-bond donors (Lipinski definition) is 0. The van der Waals surface area contributed by atoms with Crippen LogP contribution < -0.4 is 0 Å². The second-order valence-electron chi connectivity index (χ2n) is 6.70. The van der Waals surface area contributed by atoms with Gasteiger partial charge in [-0.25, -0.2) is 0 Å². The Labute approximate surface area is 124 Å². The first kappa shape index (κ1) is 17.0. The zero-order valence-electron chi connectivity index (χ0n) is 13.8. The highest BCUT2D eigenvalue weighted by atomic mass is 16.5. The van der Waals surface area contributed by atoms with E-state index in [2.05, 4.69) is 27.7 Å². The van der Waals surface area contributed by atoms with E-state index in [-0.39, 0.29) is 5.97 Å². The lowest BCUT2D eigenvalue weighted by Gasteiger charge is -2.34. The van der Waals surface area contributed by atoms with Crippen LogP contribution >= 0.6 is 0 Å². The first-order valence-corrected chi connectivity index (χ1v) is 7.81. The van der Waals surface area contributed by atoms with Gasteiger partial charge in [-0.3, -0.25) is 4.79 Å². The molecule has 1 aliphatic rings. The fourth-order valence-electron chi connectivity index (χ4n) is 3.17. The minimum atomic E-state index is -0.209. The van der Waals surface area contributed by atoms with E-state index in [4.69, 9.17) is 4.74 Å². The number of carbonyl (C=O) groups is 1. The second-order valence-corrected chi connectivity index (χ2v) is 6.70. The third-order valence-corrected chi connectivity index (χ3v) is 4.40. The summed E-state index contributed by atoms with van der Waals surface area (Å²) in [5, 5.41) is 0. The molecule has 0 saturated carbocycles. The third kappa shape index (κ3) is 5.52. The molecule has 0 heterocycles. The molecule has 0 saturated heterocycles. The molecular weight excluding hydrogens is 248 g/mol. The van der Waals surface area contributed by atoms with Crippen LogP contribution in [0.3, 0.4) is 0 Å². The molecule has 0 aromatic heterocycles. The second kappa shape index (κ2) is 7.66. The number of allylic oxidation sites excluding steroid dienone is 3. The van der Waals surface area contributed by atoms with Crippen molar-refractivity contribution < 1.29 is 9.53 Å². The molecule has 114 valence electrons. The van der Waals surface area contributed by atoms with Crippen molar-refractivity contribution in [3.63, 3.8) is 0 Å². The Bertz CT molecular complexity index is 400. The molecule has 20 heavy (non-hydrogen) atoms. The van der Waals surface area contributed by atoms with Crippen LogP contribution in [0.4, 0.5) is 0 Å². The van der Waals surface area contributed by atoms with Crippen molar-refractivity contribution in [1.82, 2.24) is 0 Å². The topological polar surface area (TPSA) is 26.3 Å². The Morgan fingerprint density at radius 1 is 1.35 bits per heavy atom. The van der Waals surface area contributed by atoms with Crippen molar-refractivity contribution in [3.05, 3.63) is 22.8 Å². The van der Waals surface area contributed by atoms with Gasteiger partial charge < -0.3 is 4.74 Å². The first-order valence-electron chi connectivity index (χ1n) is 7.81. The largest absolute Gasteiger partial charge is 0.462 e. The normalized spacial score (nSPS) is 19.1. The Hall–Kier alpha value is -1.05. The van der Waals surface area contributed by atoms with Gasteiger partial charge in [0.05, 0.1) is 0 Å². The molecule has 0 fully saturated rings. The molecule has 2 heteroatoms. The summed E-state index contributed by atoms with van der Waals surface area (Å²) in [5.41, 5.74) is 5.00. The van der Waals surface area contributed by atoms with E-state index in [1.807, 2.05) is 6.08 Å². The van der Waals surface area contributed by atoms with Gasteiger partial charge in [0.15, 0.2) is 0 Å². The van der Waals surface area contributed by atoms with Gasteiger partial charge in [-0.05, 0) is 63.9 Å². The highest BCUT2D eigenvalue weighted by Crippen LogP contribution is 2.42. The molecule has 0 atom stereocenters. The minimum absolute atomic E-state index is 0.209. The van der Waals surface area contributed by atoms with Crippen molar-refractivity contribution in [2.45, 2.75) is 73.1 Å². The summed E-state index contributed by atoms with van der Waals surface area (Å²) < 4.78 is 4.93. The van der Waals surface area contributed by atoms with Crippen LogP contribution in [0.15, 0.2) is 22.8 Å². The van der Waals surface area contributed by atoms with E-state index in [9.17, 15) is 4.79 Å². The van der Waals surface area contributed by atoms with Crippen LogP contribution in [0.1, 0.15) is 73.1 Å². The summed E-state index contributed by atoms with van der Waals surface area (Å²) in [4.78, 5) is 10.7. The average Bonchev–Trinajstić information content (AvgIpc) is 2.32. The monoisotopic (exact) mass is 278 g/mol. The molecule has 0 N–H and O–H groups in total. The quantitative estimate of drug-likeness (QED) is 0.493. The molecule has 0 bridgehead atoms. The average molecular weight is 278 g/mol.